The first kappa shape index (κ1) is 19.8. The summed E-state index contributed by atoms with van der Waals surface area (Å²) in [6, 6.07) is 15.4. The molecule has 1 amide bonds. The van der Waals surface area contributed by atoms with Crippen molar-refractivity contribution in [3.63, 3.8) is 0 Å². The van der Waals surface area contributed by atoms with Gasteiger partial charge in [-0.1, -0.05) is 48.5 Å². The second-order valence-corrected chi connectivity index (χ2v) is 7.60. The molecular formula is C22H22N2O3S. The Morgan fingerprint density at radius 2 is 1.64 bits per heavy atom. The zero-order chi connectivity index (χ0) is 20.3. The number of amides is 1. The Labute approximate surface area is 168 Å². The number of para-hydroxylation sites is 1. The van der Waals surface area contributed by atoms with Gasteiger partial charge in [0.05, 0.1) is 5.69 Å². The molecule has 2 aromatic carbocycles. The van der Waals surface area contributed by atoms with E-state index in [2.05, 4.69) is 10.3 Å². The first-order valence-electron chi connectivity index (χ1n) is 8.97. The average molecular weight is 394 g/mol. The van der Waals surface area contributed by atoms with Crippen molar-refractivity contribution < 1.29 is 14.3 Å². The maximum Gasteiger partial charge on any atom is 0.351 e. The SMILES string of the molecule is Cc1cccc(C)c1NC(=O)[C@@H](C)OC(=O)c1sc(-c2ccccc2)nc1C. The van der Waals surface area contributed by atoms with Crippen molar-refractivity contribution in [1.82, 2.24) is 4.98 Å². The molecule has 1 N–H and O–H groups in total. The molecule has 144 valence electrons. The molecule has 0 radical (unpaired) electrons. The lowest BCUT2D eigenvalue weighted by atomic mass is 10.1. The summed E-state index contributed by atoms with van der Waals surface area (Å²) in [7, 11) is 0. The van der Waals surface area contributed by atoms with Crippen molar-refractivity contribution in [3.05, 3.63) is 70.2 Å². The fourth-order valence-corrected chi connectivity index (χ4v) is 3.75. The molecule has 5 nitrogen and oxygen atoms in total. The zero-order valence-corrected chi connectivity index (χ0v) is 17.1. The number of esters is 1. The second kappa shape index (κ2) is 8.35. The monoisotopic (exact) mass is 394 g/mol. The van der Waals surface area contributed by atoms with Gasteiger partial charge in [0.25, 0.3) is 5.91 Å². The summed E-state index contributed by atoms with van der Waals surface area (Å²) in [5, 5.41) is 3.60. The number of hydrogen-bond acceptors (Lipinski definition) is 5. The van der Waals surface area contributed by atoms with Crippen molar-refractivity contribution in [1.29, 1.82) is 0 Å². The highest BCUT2D eigenvalue weighted by molar-refractivity contribution is 7.17. The average Bonchev–Trinajstić information content (AvgIpc) is 3.07. The number of carbonyl (C=O) groups is 2. The van der Waals surface area contributed by atoms with Crippen LogP contribution in [-0.4, -0.2) is 23.0 Å². The van der Waals surface area contributed by atoms with Crippen LogP contribution < -0.4 is 5.32 Å². The van der Waals surface area contributed by atoms with Gasteiger partial charge in [-0.05, 0) is 38.8 Å². The lowest BCUT2D eigenvalue weighted by Gasteiger charge is -2.16. The number of ether oxygens (including phenoxy) is 1. The maximum absolute atomic E-state index is 12.6. The predicted molar refractivity (Wildman–Crippen MR) is 112 cm³/mol. The van der Waals surface area contributed by atoms with Crippen LogP contribution >= 0.6 is 11.3 Å². The third-order valence-electron chi connectivity index (χ3n) is 4.39. The van der Waals surface area contributed by atoms with E-state index in [0.717, 1.165) is 27.4 Å². The molecule has 1 aromatic heterocycles. The van der Waals surface area contributed by atoms with E-state index in [-0.39, 0.29) is 5.91 Å². The topological polar surface area (TPSA) is 68.3 Å². The predicted octanol–water partition coefficient (Wildman–Crippen LogP) is 4.92. The third kappa shape index (κ3) is 4.28. The van der Waals surface area contributed by atoms with Crippen LogP contribution in [0.25, 0.3) is 10.6 Å². The molecule has 0 saturated heterocycles. The van der Waals surface area contributed by atoms with Crippen LogP contribution in [-0.2, 0) is 9.53 Å². The van der Waals surface area contributed by atoms with E-state index in [9.17, 15) is 9.59 Å². The van der Waals surface area contributed by atoms with Crippen LogP contribution in [0.1, 0.15) is 33.4 Å². The van der Waals surface area contributed by atoms with Gasteiger partial charge in [-0.2, -0.15) is 0 Å². The number of anilines is 1. The van der Waals surface area contributed by atoms with Gasteiger partial charge in [0.15, 0.2) is 6.10 Å². The van der Waals surface area contributed by atoms with E-state index in [0.29, 0.717) is 10.6 Å². The highest BCUT2D eigenvalue weighted by Crippen LogP contribution is 2.28. The van der Waals surface area contributed by atoms with Crippen molar-refractivity contribution >= 4 is 28.9 Å². The van der Waals surface area contributed by atoms with Gasteiger partial charge >= 0.3 is 5.97 Å². The van der Waals surface area contributed by atoms with Crippen molar-refractivity contribution in [2.45, 2.75) is 33.8 Å². The summed E-state index contributed by atoms with van der Waals surface area (Å²) in [5.41, 5.74) is 4.19. The molecule has 28 heavy (non-hydrogen) atoms. The van der Waals surface area contributed by atoms with E-state index in [1.807, 2.05) is 62.4 Å². The van der Waals surface area contributed by atoms with Crippen molar-refractivity contribution in [2.75, 3.05) is 5.32 Å². The number of benzene rings is 2. The van der Waals surface area contributed by atoms with E-state index in [4.69, 9.17) is 4.74 Å². The van der Waals surface area contributed by atoms with E-state index in [1.54, 1.807) is 13.8 Å². The second-order valence-electron chi connectivity index (χ2n) is 6.60. The molecule has 0 fully saturated rings. The quantitative estimate of drug-likeness (QED) is 0.624. The smallest absolute Gasteiger partial charge is 0.351 e. The molecule has 1 heterocycles. The number of aryl methyl sites for hydroxylation is 3. The third-order valence-corrected chi connectivity index (χ3v) is 5.57. The molecule has 0 bridgehead atoms. The normalized spacial score (nSPS) is 11.7. The Morgan fingerprint density at radius 1 is 1.00 bits per heavy atom. The number of nitrogens with one attached hydrogen (secondary N) is 1. The molecule has 0 aliphatic heterocycles. The number of aromatic nitrogens is 1. The van der Waals surface area contributed by atoms with Gasteiger partial charge in [-0.15, -0.1) is 11.3 Å². The van der Waals surface area contributed by atoms with E-state index >= 15 is 0 Å². The first-order valence-corrected chi connectivity index (χ1v) is 9.79. The van der Waals surface area contributed by atoms with Crippen LogP contribution in [0.2, 0.25) is 0 Å². The summed E-state index contributed by atoms with van der Waals surface area (Å²) < 4.78 is 5.40. The molecule has 1 atom stereocenters. The lowest BCUT2D eigenvalue weighted by molar-refractivity contribution is -0.123. The number of thiazole rings is 1. The molecule has 0 spiro atoms. The maximum atomic E-state index is 12.6. The zero-order valence-electron chi connectivity index (χ0n) is 16.3. The van der Waals surface area contributed by atoms with Crippen LogP contribution in [0.3, 0.4) is 0 Å². The van der Waals surface area contributed by atoms with Crippen LogP contribution in [0.5, 0.6) is 0 Å². The summed E-state index contributed by atoms with van der Waals surface area (Å²) in [5.74, 6) is -0.905. The van der Waals surface area contributed by atoms with Crippen LogP contribution in [0.4, 0.5) is 5.69 Å². The van der Waals surface area contributed by atoms with Gasteiger partial charge in [0.2, 0.25) is 0 Å². The molecule has 0 saturated carbocycles. The summed E-state index contributed by atoms with van der Waals surface area (Å²) >= 11 is 1.27. The largest absolute Gasteiger partial charge is 0.448 e. The standard InChI is InChI=1S/C22H22N2O3S/c1-13-9-8-10-14(2)18(13)24-20(25)16(4)27-22(26)19-15(3)23-21(28-19)17-11-6-5-7-12-17/h5-12,16H,1-4H3,(H,24,25)/t16-/m1/s1. The van der Waals surface area contributed by atoms with E-state index < -0.39 is 12.1 Å². The Bertz CT molecular complexity index is 992. The minimum atomic E-state index is -0.923. The fraction of sp³-hybridized carbons (Fsp3) is 0.227. The number of carbonyl (C=O) groups excluding carboxylic acids is 2. The Balaban J connectivity index is 1.71. The van der Waals surface area contributed by atoms with Crippen LogP contribution in [0.15, 0.2) is 48.5 Å². The fourth-order valence-electron chi connectivity index (χ4n) is 2.79. The molecule has 3 rings (SSSR count). The molecule has 0 aliphatic carbocycles. The van der Waals surface area contributed by atoms with Gasteiger partial charge in [0.1, 0.15) is 9.88 Å². The van der Waals surface area contributed by atoms with Crippen molar-refractivity contribution in [2.24, 2.45) is 0 Å². The number of rotatable bonds is 5. The number of hydrogen-bond donors (Lipinski definition) is 1. The highest BCUT2D eigenvalue weighted by Gasteiger charge is 2.23. The highest BCUT2D eigenvalue weighted by atomic mass is 32.1. The molecular weight excluding hydrogens is 372 g/mol. The Hall–Kier alpha value is -2.99. The summed E-state index contributed by atoms with van der Waals surface area (Å²) in [6.07, 6.45) is -0.923. The minimum absolute atomic E-state index is 0.365. The molecule has 6 heteroatoms. The minimum Gasteiger partial charge on any atom is -0.448 e. The van der Waals surface area contributed by atoms with Gasteiger partial charge in [-0.25, -0.2) is 9.78 Å². The van der Waals surface area contributed by atoms with Gasteiger partial charge < -0.3 is 10.1 Å². The number of nitrogens with zero attached hydrogens (tertiary/aromatic N) is 1. The molecule has 0 unspecified atom stereocenters. The Kier molecular flexibility index (Phi) is 5.90. The Morgan fingerprint density at radius 3 is 2.29 bits per heavy atom. The lowest BCUT2D eigenvalue weighted by Crippen LogP contribution is -2.30. The first-order chi connectivity index (χ1) is 13.4. The van der Waals surface area contributed by atoms with Crippen LogP contribution in [0, 0.1) is 20.8 Å². The van der Waals surface area contributed by atoms with Gasteiger partial charge in [-0.3, -0.25) is 4.79 Å². The molecule has 3 aromatic rings. The van der Waals surface area contributed by atoms with Gasteiger partial charge in [0, 0.05) is 11.3 Å². The summed E-state index contributed by atoms with van der Waals surface area (Å²) in [4.78, 5) is 29.9. The summed E-state index contributed by atoms with van der Waals surface area (Å²) in [6.45, 7) is 7.17. The van der Waals surface area contributed by atoms with Crippen molar-refractivity contribution in [3.8, 4) is 10.6 Å². The molecule has 0 aliphatic rings. The van der Waals surface area contributed by atoms with E-state index in [1.165, 1.54) is 11.3 Å².